The van der Waals surface area contributed by atoms with E-state index < -0.39 is 41.1 Å². The van der Waals surface area contributed by atoms with Crippen LogP contribution >= 0.6 is 0 Å². The number of hydrogen-bond donors (Lipinski definition) is 9. The van der Waals surface area contributed by atoms with Crippen LogP contribution in [0.5, 0.6) is 17.4 Å². The third kappa shape index (κ3) is 8.79. The van der Waals surface area contributed by atoms with Crippen molar-refractivity contribution in [1.82, 2.24) is 46.5 Å². The van der Waals surface area contributed by atoms with Crippen molar-refractivity contribution in [2.45, 2.75) is 24.2 Å². The molecule has 0 aliphatic carbocycles. The summed E-state index contributed by atoms with van der Waals surface area (Å²) in [5, 5.41) is 51.2. The maximum atomic E-state index is 12.4. The first kappa shape index (κ1) is 43.2. The average molecular weight is 923 g/mol. The van der Waals surface area contributed by atoms with Crippen LogP contribution in [0.15, 0.2) is 216 Å². The molecule has 4 aromatic heterocycles. The Labute approximate surface area is 402 Å². The molecular weight excluding hydrogens is 877 g/mol. The number of nitrogens with one attached hydrogen (secondary N) is 6. The normalized spacial score (nSPS) is 20.5. The molecule has 0 amide bonds. The van der Waals surface area contributed by atoms with E-state index in [1.807, 2.05) is 91.1 Å². The monoisotopic (exact) mass is 922 g/mol. The fourth-order valence-corrected chi connectivity index (χ4v) is 9.05. The van der Waals surface area contributed by atoms with Crippen LogP contribution in [0.3, 0.4) is 0 Å². The molecule has 9 heterocycles. The van der Waals surface area contributed by atoms with Crippen molar-refractivity contribution in [3.63, 3.8) is 0 Å². The number of pyridine rings is 4. The van der Waals surface area contributed by atoms with Gasteiger partial charge in [0.15, 0.2) is 11.6 Å². The lowest BCUT2D eigenvalue weighted by atomic mass is 9.91. The number of aromatic amines is 1. The Morgan fingerprint density at radius 3 is 2.10 bits per heavy atom. The molecule has 11 rings (SSSR count). The second-order valence-electron chi connectivity index (χ2n) is 17.1. The van der Waals surface area contributed by atoms with Gasteiger partial charge in [0.05, 0.1) is 47.0 Å². The molecule has 0 saturated carbocycles. The van der Waals surface area contributed by atoms with E-state index in [2.05, 4.69) is 114 Å². The largest absolute Gasteiger partial charge is 0.504 e. The lowest BCUT2D eigenvalue weighted by Gasteiger charge is -2.34. The number of amidine groups is 1. The molecule has 0 fully saturated rings. The molecule has 344 valence electrons. The van der Waals surface area contributed by atoms with Crippen molar-refractivity contribution in [2.75, 3.05) is 6.54 Å². The van der Waals surface area contributed by atoms with Crippen LogP contribution in [-0.2, 0) is 0 Å². The SMILES string of the molecule is O=c1[nH]c(O)c(C2=CC(c3ccncc3)=CC(C3C=C(C4C=C(c5ccccc5)C=C(c5cccnc5)N4)NC(c4cc(C5C=CC=C(C6=CC=CCN6)N5)cc(-c5ccccc5)n4)=N3)N2)c(O)c1O. The fraction of sp³-hybridized carbons (Fsp3) is 0.0893. The summed E-state index contributed by atoms with van der Waals surface area (Å²) >= 11 is 0. The highest BCUT2D eigenvalue weighted by atomic mass is 16.3. The van der Waals surface area contributed by atoms with Crippen molar-refractivity contribution < 1.29 is 15.3 Å². The number of rotatable bonds is 10. The number of hydrogen-bond acceptors (Lipinski definition) is 13. The van der Waals surface area contributed by atoms with E-state index in [0.29, 0.717) is 17.1 Å². The first-order chi connectivity index (χ1) is 34.3. The van der Waals surface area contributed by atoms with Gasteiger partial charge >= 0.3 is 0 Å². The predicted octanol–water partition coefficient (Wildman–Crippen LogP) is 7.27. The van der Waals surface area contributed by atoms with Gasteiger partial charge < -0.3 is 41.9 Å². The zero-order valence-corrected chi connectivity index (χ0v) is 37.5. The van der Waals surface area contributed by atoms with Crippen molar-refractivity contribution in [3.8, 4) is 28.6 Å². The number of H-pyrrole nitrogens is 1. The summed E-state index contributed by atoms with van der Waals surface area (Å²) in [5.74, 6) is -1.82. The highest BCUT2D eigenvalue weighted by Crippen LogP contribution is 2.39. The standard InChI is InChI=1S/C56H46N10O4/c67-52-51(55(69)66-56(70)53(52)68)49-28-38(34-19-23-57-24-20-34)27-46(63-49)48-31-47(45-26-37(33-11-3-1-4-12-33)25-44(61-45)36-15-10-21-58-32-36)64-54(65-48)50-30-39(29-43(62-50)35-13-5-2-6-14-35)40-17-9-18-42(60-40)41-16-7-8-22-59-41/h1-21,23-32,40,45-46,48,59-61,63,68H,22H2,(H,64,65)(H3,66,67,69,70). The molecule has 70 heavy (non-hydrogen) atoms. The summed E-state index contributed by atoms with van der Waals surface area (Å²) < 4.78 is 0. The highest BCUT2D eigenvalue weighted by Gasteiger charge is 2.33. The van der Waals surface area contributed by atoms with Crippen molar-refractivity contribution in [2.24, 2.45) is 4.99 Å². The second-order valence-corrected chi connectivity index (χ2v) is 17.1. The number of nitrogens with zero attached hydrogens (tertiary/aromatic N) is 4. The van der Waals surface area contributed by atoms with Crippen LogP contribution in [0.2, 0.25) is 0 Å². The van der Waals surface area contributed by atoms with E-state index in [1.54, 1.807) is 24.7 Å². The second kappa shape index (κ2) is 18.7. The Kier molecular flexibility index (Phi) is 11.5. The molecule has 4 unspecified atom stereocenters. The van der Waals surface area contributed by atoms with Gasteiger partial charge in [0.1, 0.15) is 11.3 Å². The first-order valence-electron chi connectivity index (χ1n) is 22.9. The van der Waals surface area contributed by atoms with Gasteiger partial charge in [-0.25, -0.2) is 4.98 Å². The molecule has 2 aromatic carbocycles. The number of dihydropyridines is 4. The third-order valence-corrected chi connectivity index (χ3v) is 12.5. The van der Waals surface area contributed by atoms with Gasteiger partial charge in [0, 0.05) is 53.9 Å². The van der Waals surface area contributed by atoms with Crippen LogP contribution in [0, 0.1) is 0 Å². The van der Waals surface area contributed by atoms with Crippen molar-refractivity contribution in [1.29, 1.82) is 0 Å². The topological polar surface area (TPSA) is 205 Å². The summed E-state index contributed by atoms with van der Waals surface area (Å²) in [6.45, 7) is 0.735. The Hall–Kier alpha value is -9.43. The van der Waals surface area contributed by atoms with E-state index in [4.69, 9.17) is 9.98 Å². The maximum Gasteiger partial charge on any atom is 0.296 e. The van der Waals surface area contributed by atoms with Gasteiger partial charge in [-0.15, -0.1) is 0 Å². The highest BCUT2D eigenvalue weighted by molar-refractivity contribution is 6.00. The molecule has 9 N–H and O–H groups in total. The smallest absolute Gasteiger partial charge is 0.296 e. The minimum Gasteiger partial charge on any atom is -0.504 e. The molecule has 4 atom stereocenters. The minimum absolute atomic E-state index is 0.182. The summed E-state index contributed by atoms with van der Waals surface area (Å²) in [6.07, 6.45) is 29.5. The van der Waals surface area contributed by atoms with E-state index in [0.717, 1.165) is 68.4 Å². The third-order valence-electron chi connectivity index (χ3n) is 12.5. The fourth-order valence-electron chi connectivity index (χ4n) is 9.05. The Bertz CT molecular complexity index is 3390. The molecule has 14 nitrogen and oxygen atoms in total. The van der Waals surface area contributed by atoms with Crippen molar-refractivity contribution >= 4 is 28.4 Å². The van der Waals surface area contributed by atoms with Gasteiger partial charge in [-0.05, 0) is 101 Å². The van der Waals surface area contributed by atoms with Gasteiger partial charge in [0.2, 0.25) is 11.6 Å². The van der Waals surface area contributed by atoms with Crippen LogP contribution < -0.4 is 32.1 Å². The molecule has 6 aromatic rings. The van der Waals surface area contributed by atoms with Gasteiger partial charge in [0.25, 0.3) is 5.56 Å². The molecule has 0 radical (unpaired) electrons. The Balaban J connectivity index is 1.07. The lowest BCUT2D eigenvalue weighted by Crippen LogP contribution is -2.46. The maximum absolute atomic E-state index is 12.4. The van der Waals surface area contributed by atoms with E-state index in [-0.39, 0.29) is 17.3 Å². The molecule has 14 heteroatoms. The zero-order chi connectivity index (χ0) is 47.6. The molecule has 5 aliphatic rings. The average Bonchev–Trinajstić information content (AvgIpc) is 3.43. The summed E-state index contributed by atoms with van der Waals surface area (Å²) in [5.41, 5.74) is 10.3. The summed E-state index contributed by atoms with van der Waals surface area (Å²) in [6, 6.07) is 30.1. The van der Waals surface area contributed by atoms with Crippen LogP contribution in [0.1, 0.15) is 39.6 Å². The van der Waals surface area contributed by atoms with E-state index in [1.165, 1.54) is 0 Å². The quantitative estimate of drug-likeness (QED) is 0.0666. The van der Waals surface area contributed by atoms with Gasteiger partial charge in [-0.1, -0.05) is 91.0 Å². The van der Waals surface area contributed by atoms with Crippen molar-refractivity contribution in [3.05, 3.63) is 250 Å². The van der Waals surface area contributed by atoms with Crippen LogP contribution in [0.25, 0.3) is 33.8 Å². The van der Waals surface area contributed by atoms with Crippen LogP contribution in [0.4, 0.5) is 0 Å². The zero-order valence-electron chi connectivity index (χ0n) is 37.5. The van der Waals surface area contributed by atoms with E-state index >= 15 is 0 Å². The first-order valence-corrected chi connectivity index (χ1v) is 22.9. The summed E-state index contributed by atoms with van der Waals surface area (Å²) in [7, 11) is 0. The Morgan fingerprint density at radius 1 is 0.614 bits per heavy atom. The molecular formula is C56H46N10O4. The van der Waals surface area contributed by atoms with Gasteiger partial charge in [-0.3, -0.25) is 24.7 Å². The lowest BCUT2D eigenvalue weighted by molar-refractivity contribution is 0.381. The van der Waals surface area contributed by atoms with Crippen LogP contribution in [-0.4, -0.2) is 65.8 Å². The molecule has 0 spiro atoms. The minimum atomic E-state index is -1.03. The molecule has 0 bridgehead atoms. The predicted molar refractivity (Wildman–Crippen MR) is 272 cm³/mol. The molecule has 5 aliphatic heterocycles. The number of aliphatic imine (C=N–C) groups is 1. The molecule has 0 saturated heterocycles. The number of aromatic hydroxyl groups is 3. The number of allylic oxidation sites excluding steroid dienone is 8. The van der Waals surface area contributed by atoms with Gasteiger partial charge in [-0.2, -0.15) is 0 Å². The summed E-state index contributed by atoms with van der Waals surface area (Å²) in [4.78, 5) is 34.2. The number of benzene rings is 2. The van der Waals surface area contributed by atoms with E-state index in [9.17, 15) is 20.1 Å². The number of aromatic nitrogens is 4. The Morgan fingerprint density at radius 2 is 1.33 bits per heavy atom.